The maximum Gasteiger partial charge on any atom is 0.230 e. The third kappa shape index (κ3) is 6.91. The number of carbonyl (C=O) groups excluding carboxylic acids is 3. The SMILES string of the molecule is C.C=C(c1ccccc1)c1nc(C(=O)c2ccccc2)nc(C(=C2CC2)c2nc(C(=O)c3ccccc3)nc(C(=O)c3ccccc3)n2)n1. The minimum atomic E-state index is -0.477. The van der Waals surface area contributed by atoms with E-state index in [2.05, 4.69) is 31.5 Å². The quantitative estimate of drug-likeness (QED) is 0.144. The Kier molecular flexibility index (Phi) is 9.25. The number of nitrogens with zero attached hydrogens (tertiary/aromatic N) is 6. The molecule has 49 heavy (non-hydrogen) atoms. The highest BCUT2D eigenvalue weighted by Crippen LogP contribution is 2.38. The first-order valence-corrected chi connectivity index (χ1v) is 15.2. The molecule has 0 atom stereocenters. The van der Waals surface area contributed by atoms with Gasteiger partial charge in [0, 0.05) is 22.3 Å². The minimum absolute atomic E-state index is 0. The Morgan fingerprint density at radius 2 is 0.694 bits per heavy atom. The van der Waals surface area contributed by atoms with Crippen LogP contribution in [0.5, 0.6) is 0 Å². The number of hydrogen-bond donors (Lipinski definition) is 0. The van der Waals surface area contributed by atoms with E-state index in [1.165, 1.54) is 0 Å². The van der Waals surface area contributed by atoms with Crippen molar-refractivity contribution in [3.8, 4) is 0 Å². The molecule has 2 heterocycles. The van der Waals surface area contributed by atoms with Crippen molar-refractivity contribution in [3.63, 3.8) is 0 Å². The van der Waals surface area contributed by atoms with E-state index in [9.17, 15) is 14.4 Å². The fraction of sp³-hybridized carbons (Fsp3) is 0.0750. The molecule has 1 saturated carbocycles. The number of rotatable bonds is 10. The van der Waals surface area contributed by atoms with Crippen LogP contribution in [0.3, 0.4) is 0 Å². The van der Waals surface area contributed by atoms with Gasteiger partial charge in [0.1, 0.15) is 0 Å². The summed E-state index contributed by atoms with van der Waals surface area (Å²) in [6.07, 6.45) is 1.38. The predicted molar refractivity (Wildman–Crippen MR) is 186 cm³/mol. The topological polar surface area (TPSA) is 129 Å². The van der Waals surface area contributed by atoms with Gasteiger partial charge in [0.15, 0.2) is 17.5 Å². The molecule has 0 N–H and O–H groups in total. The molecule has 238 valence electrons. The monoisotopic (exact) mass is 642 g/mol. The number of aromatic nitrogens is 6. The van der Waals surface area contributed by atoms with E-state index in [4.69, 9.17) is 4.98 Å². The molecule has 9 heteroatoms. The normalized spacial score (nSPS) is 11.6. The molecule has 7 rings (SSSR count). The van der Waals surface area contributed by atoms with Crippen LogP contribution in [0, 0.1) is 0 Å². The largest absolute Gasteiger partial charge is 0.285 e. The Labute approximate surface area is 283 Å². The molecule has 2 aromatic heterocycles. The third-order valence-corrected chi connectivity index (χ3v) is 7.68. The molecule has 0 aliphatic heterocycles. The third-order valence-electron chi connectivity index (χ3n) is 7.68. The lowest BCUT2D eigenvalue weighted by molar-refractivity contribution is 0.101. The first kappa shape index (κ1) is 32.3. The van der Waals surface area contributed by atoms with E-state index in [1.807, 2.05) is 36.4 Å². The highest BCUT2D eigenvalue weighted by Gasteiger charge is 2.30. The van der Waals surface area contributed by atoms with Gasteiger partial charge in [-0.15, -0.1) is 0 Å². The van der Waals surface area contributed by atoms with Crippen molar-refractivity contribution in [2.24, 2.45) is 0 Å². The Morgan fingerprint density at radius 3 is 1.04 bits per heavy atom. The van der Waals surface area contributed by atoms with Crippen molar-refractivity contribution in [1.82, 2.24) is 29.9 Å². The van der Waals surface area contributed by atoms with Crippen LogP contribution in [-0.4, -0.2) is 47.3 Å². The van der Waals surface area contributed by atoms with Crippen LogP contribution < -0.4 is 0 Å². The van der Waals surface area contributed by atoms with E-state index in [-0.39, 0.29) is 42.4 Å². The van der Waals surface area contributed by atoms with Crippen LogP contribution in [0.25, 0.3) is 11.1 Å². The summed E-state index contributed by atoms with van der Waals surface area (Å²) in [7, 11) is 0. The van der Waals surface area contributed by atoms with Gasteiger partial charge in [-0.05, 0) is 18.4 Å². The van der Waals surface area contributed by atoms with Crippen molar-refractivity contribution in [1.29, 1.82) is 0 Å². The lowest BCUT2D eigenvalue weighted by Crippen LogP contribution is -2.19. The average molecular weight is 643 g/mol. The summed E-state index contributed by atoms with van der Waals surface area (Å²) in [6, 6.07) is 35.2. The van der Waals surface area contributed by atoms with E-state index in [1.54, 1.807) is 84.9 Å². The Bertz CT molecular complexity index is 1940. The molecule has 1 aliphatic carbocycles. The molecule has 4 aromatic carbocycles. The first-order chi connectivity index (χ1) is 23.5. The summed E-state index contributed by atoms with van der Waals surface area (Å²) < 4.78 is 0. The second kappa shape index (κ2) is 14.0. The zero-order valence-corrected chi connectivity index (χ0v) is 25.6. The van der Waals surface area contributed by atoms with Gasteiger partial charge in [0.05, 0.1) is 5.57 Å². The van der Waals surface area contributed by atoms with Crippen LogP contribution in [0.1, 0.15) is 91.9 Å². The number of carbonyl (C=O) groups is 3. The van der Waals surface area contributed by atoms with Crippen molar-refractivity contribution in [3.05, 3.63) is 191 Å². The number of ketones is 3. The van der Waals surface area contributed by atoms with Crippen LogP contribution in [0.15, 0.2) is 133 Å². The highest BCUT2D eigenvalue weighted by molar-refractivity contribution is 6.10. The molecule has 0 amide bonds. The second-order valence-corrected chi connectivity index (χ2v) is 11.0. The maximum atomic E-state index is 13.7. The van der Waals surface area contributed by atoms with Crippen LogP contribution in [0.4, 0.5) is 0 Å². The van der Waals surface area contributed by atoms with Gasteiger partial charge in [0.2, 0.25) is 34.8 Å². The van der Waals surface area contributed by atoms with Gasteiger partial charge in [-0.3, -0.25) is 14.4 Å². The van der Waals surface area contributed by atoms with Crippen LogP contribution in [0.2, 0.25) is 0 Å². The van der Waals surface area contributed by atoms with Crippen molar-refractivity contribution in [2.75, 3.05) is 0 Å². The molecule has 1 fully saturated rings. The number of allylic oxidation sites excluding steroid dienone is 1. The number of hydrogen-bond acceptors (Lipinski definition) is 9. The molecular weight excluding hydrogens is 612 g/mol. The summed E-state index contributed by atoms with van der Waals surface area (Å²) in [5.41, 5.74) is 3.66. The zero-order chi connectivity index (χ0) is 33.0. The average Bonchev–Trinajstić information content (AvgIpc) is 4.00. The minimum Gasteiger partial charge on any atom is -0.285 e. The maximum absolute atomic E-state index is 13.7. The Balaban J connectivity index is 0.00000417. The lowest BCUT2D eigenvalue weighted by atomic mass is 10.1. The second-order valence-electron chi connectivity index (χ2n) is 11.0. The molecule has 0 saturated heterocycles. The molecular formula is C40H30N6O3. The van der Waals surface area contributed by atoms with E-state index >= 15 is 0 Å². The number of benzene rings is 4. The zero-order valence-electron chi connectivity index (χ0n) is 25.6. The van der Waals surface area contributed by atoms with Crippen LogP contribution in [-0.2, 0) is 0 Å². The van der Waals surface area contributed by atoms with E-state index in [0.717, 1.165) is 11.1 Å². The van der Waals surface area contributed by atoms with Gasteiger partial charge >= 0.3 is 0 Å². The molecule has 6 aromatic rings. The molecule has 1 aliphatic rings. The summed E-state index contributed by atoms with van der Waals surface area (Å²) in [5, 5.41) is 0. The molecule has 0 bridgehead atoms. The van der Waals surface area contributed by atoms with Crippen LogP contribution >= 0.6 is 0 Å². The fourth-order valence-corrected chi connectivity index (χ4v) is 5.07. The summed E-state index contributed by atoms with van der Waals surface area (Å²) in [6.45, 7) is 4.23. The Hall–Kier alpha value is -6.61. The molecule has 0 unspecified atom stereocenters. The lowest BCUT2D eigenvalue weighted by Gasteiger charge is -2.12. The Morgan fingerprint density at radius 1 is 0.408 bits per heavy atom. The van der Waals surface area contributed by atoms with E-state index < -0.39 is 17.3 Å². The van der Waals surface area contributed by atoms with Gasteiger partial charge in [-0.1, -0.05) is 141 Å². The summed E-state index contributed by atoms with van der Waals surface area (Å²) >= 11 is 0. The smallest absolute Gasteiger partial charge is 0.230 e. The standard InChI is InChI=1S/C39H26N6O3.CH4/c1-24(25-14-6-2-7-15-25)34-40-35(42-37(41-34)31(46)27-16-8-3-9-17-27)30(26-22-23-26)36-43-38(32(47)28-18-10-4-11-19-28)45-39(44-36)33(48)29-20-12-5-13-21-29;/h2-21H,1,22-23H2;1H4. The molecule has 0 radical (unpaired) electrons. The predicted octanol–water partition coefficient (Wildman–Crippen LogP) is 7.04. The molecule has 0 spiro atoms. The van der Waals surface area contributed by atoms with Gasteiger partial charge in [0.25, 0.3) is 0 Å². The van der Waals surface area contributed by atoms with E-state index in [0.29, 0.717) is 40.7 Å². The first-order valence-electron chi connectivity index (χ1n) is 15.2. The summed E-state index contributed by atoms with van der Waals surface area (Å²) in [4.78, 5) is 68.6. The van der Waals surface area contributed by atoms with Crippen molar-refractivity contribution < 1.29 is 14.4 Å². The van der Waals surface area contributed by atoms with Crippen molar-refractivity contribution >= 4 is 28.5 Å². The molecule has 9 nitrogen and oxygen atoms in total. The summed E-state index contributed by atoms with van der Waals surface area (Å²) in [5.74, 6) is -1.47. The van der Waals surface area contributed by atoms with Crippen molar-refractivity contribution in [2.45, 2.75) is 20.3 Å². The highest BCUT2D eigenvalue weighted by atomic mass is 16.1. The fourth-order valence-electron chi connectivity index (χ4n) is 5.07. The van der Waals surface area contributed by atoms with Gasteiger partial charge in [-0.25, -0.2) is 29.9 Å². The van der Waals surface area contributed by atoms with Gasteiger partial charge < -0.3 is 0 Å². The van der Waals surface area contributed by atoms with Gasteiger partial charge in [-0.2, -0.15) is 0 Å².